The smallest absolute Gasteiger partial charge is 0.320 e. The number of rotatable bonds is 5. The van der Waals surface area contributed by atoms with E-state index in [-0.39, 0.29) is 11.9 Å². The van der Waals surface area contributed by atoms with E-state index < -0.39 is 0 Å². The summed E-state index contributed by atoms with van der Waals surface area (Å²) in [5.41, 5.74) is 0. The Morgan fingerprint density at radius 2 is 1.71 bits per heavy atom. The summed E-state index contributed by atoms with van der Waals surface area (Å²) in [5, 5.41) is 8.87. The fourth-order valence-electron chi connectivity index (χ4n) is 4.21. The van der Waals surface area contributed by atoms with Crippen LogP contribution in [0.2, 0.25) is 0 Å². The lowest BCUT2D eigenvalue weighted by Gasteiger charge is -2.34. The highest BCUT2D eigenvalue weighted by atomic mass is 16.2. The van der Waals surface area contributed by atoms with Crippen LogP contribution in [-0.2, 0) is 17.9 Å². The van der Waals surface area contributed by atoms with Crippen molar-refractivity contribution < 1.29 is 9.59 Å². The monoisotopic (exact) mass is 390 g/mol. The lowest BCUT2D eigenvalue weighted by molar-refractivity contribution is -0.133. The van der Waals surface area contributed by atoms with Gasteiger partial charge in [0, 0.05) is 51.6 Å². The zero-order valence-electron chi connectivity index (χ0n) is 17.7. The Kier molecular flexibility index (Phi) is 6.57. The highest BCUT2D eigenvalue weighted by Crippen LogP contribution is 2.29. The van der Waals surface area contributed by atoms with Crippen LogP contribution in [0.3, 0.4) is 0 Å². The van der Waals surface area contributed by atoms with E-state index in [1.54, 1.807) is 0 Å². The Bertz CT molecular complexity index is 689. The van der Waals surface area contributed by atoms with Gasteiger partial charge in [0.05, 0.1) is 6.54 Å². The van der Waals surface area contributed by atoms with Gasteiger partial charge in [-0.25, -0.2) is 4.79 Å². The Morgan fingerprint density at radius 1 is 1.04 bits per heavy atom. The first-order chi connectivity index (χ1) is 13.4. The maximum absolute atomic E-state index is 12.6. The second-order valence-electron chi connectivity index (χ2n) is 8.26. The van der Waals surface area contributed by atoms with Gasteiger partial charge < -0.3 is 19.3 Å². The molecule has 0 aromatic carbocycles. The average molecular weight is 391 g/mol. The number of likely N-dealkylation sites (tertiary alicyclic amines) is 1. The van der Waals surface area contributed by atoms with Crippen LogP contribution in [0.5, 0.6) is 0 Å². The number of hydrogen-bond donors (Lipinski definition) is 0. The molecule has 1 aromatic heterocycles. The molecular weight excluding hydrogens is 356 g/mol. The molecule has 1 aromatic rings. The highest BCUT2D eigenvalue weighted by molar-refractivity contribution is 5.76. The van der Waals surface area contributed by atoms with Gasteiger partial charge in [-0.1, -0.05) is 13.8 Å². The van der Waals surface area contributed by atoms with E-state index in [4.69, 9.17) is 0 Å². The molecule has 8 nitrogen and oxygen atoms in total. The molecule has 2 aliphatic heterocycles. The van der Waals surface area contributed by atoms with Crippen molar-refractivity contribution >= 4 is 11.9 Å². The molecule has 1 fully saturated rings. The molecule has 0 bridgehead atoms. The van der Waals surface area contributed by atoms with Crippen molar-refractivity contribution in [3.05, 3.63) is 11.6 Å². The summed E-state index contributed by atoms with van der Waals surface area (Å²) in [6.07, 6.45) is 2.50. The second-order valence-corrected chi connectivity index (χ2v) is 8.26. The van der Waals surface area contributed by atoms with Crippen LogP contribution < -0.4 is 0 Å². The Morgan fingerprint density at radius 3 is 2.32 bits per heavy atom. The topological polar surface area (TPSA) is 74.6 Å². The van der Waals surface area contributed by atoms with E-state index in [9.17, 15) is 9.59 Å². The summed E-state index contributed by atoms with van der Waals surface area (Å²) >= 11 is 0. The van der Waals surface area contributed by atoms with Crippen LogP contribution >= 0.6 is 0 Å². The fraction of sp³-hybridized carbons (Fsp3) is 0.800. The van der Waals surface area contributed by atoms with Gasteiger partial charge in [-0.3, -0.25) is 4.79 Å². The third-order valence-electron chi connectivity index (χ3n) is 5.88. The minimum atomic E-state index is 0.0813. The quantitative estimate of drug-likeness (QED) is 0.773. The lowest BCUT2D eigenvalue weighted by atomic mass is 9.95. The summed E-state index contributed by atoms with van der Waals surface area (Å²) in [6, 6.07) is 0.0813. The number of piperidine rings is 1. The molecule has 2 aliphatic rings. The second kappa shape index (κ2) is 8.92. The minimum Gasteiger partial charge on any atom is -0.343 e. The molecule has 1 saturated heterocycles. The van der Waals surface area contributed by atoms with Crippen molar-refractivity contribution in [2.24, 2.45) is 5.92 Å². The van der Waals surface area contributed by atoms with Gasteiger partial charge in [0.2, 0.25) is 5.91 Å². The van der Waals surface area contributed by atoms with Crippen molar-refractivity contribution in [2.75, 3.05) is 32.7 Å². The predicted octanol–water partition coefficient (Wildman–Crippen LogP) is 2.31. The van der Waals surface area contributed by atoms with E-state index in [0.717, 1.165) is 57.2 Å². The van der Waals surface area contributed by atoms with E-state index in [0.29, 0.717) is 31.3 Å². The molecule has 3 heterocycles. The van der Waals surface area contributed by atoms with Crippen molar-refractivity contribution in [2.45, 2.75) is 66.0 Å². The Labute approximate surface area is 167 Å². The van der Waals surface area contributed by atoms with Crippen molar-refractivity contribution in [3.8, 4) is 0 Å². The molecule has 0 aliphatic carbocycles. The first kappa shape index (κ1) is 20.6. The highest BCUT2D eigenvalue weighted by Gasteiger charge is 2.31. The molecule has 0 N–H and O–H groups in total. The number of hydrogen-bond acceptors (Lipinski definition) is 4. The normalized spacial score (nSPS) is 17.8. The number of nitrogens with zero attached hydrogens (tertiary/aromatic N) is 6. The molecular formula is C20H34N6O2. The summed E-state index contributed by atoms with van der Waals surface area (Å²) < 4.78 is 2.20. The predicted molar refractivity (Wildman–Crippen MR) is 107 cm³/mol. The van der Waals surface area contributed by atoms with Gasteiger partial charge in [0.15, 0.2) is 5.82 Å². The van der Waals surface area contributed by atoms with E-state index in [1.807, 2.05) is 28.5 Å². The standard InChI is InChI=1S/C20H34N6O2/c1-5-23(6-2)20(28)25-11-12-26-17(14-25)21-22-19(26)16-7-9-24(10-8-16)18(27)13-15(3)4/h15-16H,5-14H2,1-4H3. The molecule has 8 heteroatoms. The number of aromatic nitrogens is 3. The number of amides is 3. The van der Waals surface area contributed by atoms with Crippen molar-refractivity contribution in [1.29, 1.82) is 0 Å². The number of fused-ring (bicyclic) bond motifs is 1. The van der Waals surface area contributed by atoms with Gasteiger partial charge in [-0.2, -0.15) is 0 Å². The summed E-state index contributed by atoms with van der Waals surface area (Å²) in [4.78, 5) is 30.6. The van der Waals surface area contributed by atoms with Gasteiger partial charge in [-0.05, 0) is 32.6 Å². The molecule has 0 saturated carbocycles. The van der Waals surface area contributed by atoms with Crippen LogP contribution in [-0.4, -0.2) is 74.1 Å². The maximum Gasteiger partial charge on any atom is 0.320 e. The van der Waals surface area contributed by atoms with Crippen LogP contribution in [0, 0.1) is 5.92 Å². The van der Waals surface area contributed by atoms with Crippen molar-refractivity contribution in [1.82, 2.24) is 29.5 Å². The summed E-state index contributed by atoms with van der Waals surface area (Å²) in [5.74, 6) is 2.91. The zero-order valence-corrected chi connectivity index (χ0v) is 17.7. The Balaban J connectivity index is 1.61. The van der Waals surface area contributed by atoms with Gasteiger partial charge in [-0.15, -0.1) is 10.2 Å². The first-order valence-corrected chi connectivity index (χ1v) is 10.7. The molecule has 0 radical (unpaired) electrons. The fourth-order valence-corrected chi connectivity index (χ4v) is 4.21. The zero-order chi connectivity index (χ0) is 20.3. The molecule has 0 atom stereocenters. The third-order valence-corrected chi connectivity index (χ3v) is 5.88. The number of carbonyl (C=O) groups is 2. The van der Waals surface area contributed by atoms with Gasteiger partial charge in [0.1, 0.15) is 5.82 Å². The Hall–Kier alpha value is -2.12. The number of carbonyl (C=O) groups excluding carboxylic acids is 2. The molecule has 3 rings (SSSR count). The van der Waals surface area contributed by atoms with Crippen LogP contribution in [0.25, 0.3) is 0 Å². The molecule has 28 heavy (non-hydrogen) atoms. The van der Waals surface area contributed by atoms with Crippen LogP contribution in [0.4, 0.5) is 4.79 Å². The molecule has 0 spiro atoms. The van der Waals surface area contributed by atoms with Crippen molar-refractivity contribution in [3.63, 3.8) is 0 Å². The first-order valence-electron chi connectivity index (χ1n) is 10.7. The average Bonchev–Trinajstić information content (AvgIpc) is 3.11. The van der Waals surface area contributed by atoms with E-state index >= 15 is 0 Å². The largest absolute Gasteiger partial charge is 0.343 e. The van der Waals surface area contributed by atoms with E-state index in [1.165, 1.54) is 0 Å². The van der Waals surface area contributed by atoms with Crippen LogP contribution in [0.1, 0.15) is 64.5 Å². The van der Waals surface area contributed by atoms with Crippen LogP contribution in [0.15, 0.2) is 0 Å². The third kappa shape index (κ3) is 4.31. The molecule has 3 amide bonds. The lowest BCUT2D eigenvalue weighted by Crippen LogP contribution is -2.46. The molecule has 156 valence electrons. The van der Waals surface area contributed by atoms with Gasteiger partial charge >= 0.3 is 6.03 Å². The minimum absolute atomic E-state index is 0.0813. The SMILES string of the molecule is CCN(CC)C(=O)N1CCn2c(nnc2C2CCN(C(=O)CC(C)C)CC2)C1. The molecule has 0 unspecified atom stereocenters. The van der Waals surface area contributed by atoms with E-state index in [2.05, 4.69) is 28.6 Å². The summed E-state index contributed by atoms with van der Waals surface area (Å²) in [7, 11) is 0. The number of urea groups is 1. The summed E-state index contributed by atoms with van der Waals surface area (Å²) in [6.45, 7) is 13.2. The maximum atomic E-state index is 12.6. The van der Waals surface area contributed by atoms with Gasteiger partial charge in [0.25, 0.3) is 0 Å².